The SMILES string of the molecule is CN1C(=O)C[C@H](C(=O)N[C@@H]2CCc3nccn3C2)[C@H]1c1ccccc1. The number of carbonyl (C=O) groups excluding carboxylic acids is 2. The Hall–Kier alpha value is -2.63. The van der Waals surface area contributed by atoms with E-state index >= 15 is 0 Å². The molecular weight excluding hydrogens is 316 g/mol. The molecule has 0 saturated carbocycles. The Morgan fingerprint density at radius 2 is 2.08 bits per heavy atom. The van der Waals surface area contributed by atoms with Crippen molar-refractivity contribution in [3.8, 4) is 0 Å². The summed E-state index contributed by atoms with van der Waals surface area (Å²) in [6.45, 7) is 0.744. The van der Waals surface area contributed by atoms with Gasteiger partial charge in [0.05, 0.1) is 12.0 Å². The summed E-state index contributed by atoms with van der Waals surface area (Å²) in [5.41, 5.74) is 1.01. The molecule has 0 unspecified atom stereocenters. The molecule has 1 aromatic heterocycles. The number of fused-ring (bicyclic) bond motifs is 1. The van der Waals surface area contributed by atoms with Gasteiger partial charge >= 0.3 is 0 Å². The summed E-state index contributed by atoms with van der Waals surface area (Å²) in [5, 5.41) is 3.17. The fourth-order valence-electron chi connectivity index (χ4n) is 4.00. The van der Waals surface area contributed by atoms with Crippen molar-refractivity contribution in [1.29, 1.82) is 0 Å². The maximum Gasteiger partial charge on any atom is 0.226 e. The van der Waals surface area contributed by atoms with E-state index in [-0.39, 0.29) is 36.2 Å². The fraction of sp³-hybridized carbons (Fsp3) is 0.421. The summed E-state index contributed by atoms with van der Waals surface area (Å²) >= 11 is 0. The molecule has 0 spiro atoms. The first-order chi connectivity index (χ1) is 12.1. The zero-order valence-electron chi connectivity index (χ0n) is 14.3. The second kappa shape index (κ2) is 6.35. The van der Waals surface area contributed by atoms with Crippen LogP contribution in [0.15, 0.2) is 42.7 Å². The second-order valence-corrected chi connectivity index (χ2v) is 6.91. The average Bonchev–Trinajstić information content (AvgIpc) is 3.20. The lowest BCUT2D eigenvalue weighted by Gasteiger charge is -2.28. The highest BCUT2D eigenvalue weighted by molar-refractivity contribution is 5.90. The van der Waals surface area contributed by atoms with Crippen LogP contribution in [-0.4, -0.2) is 39.4 Å². The van der Waals surface area contributed by atoms with Gasteiger partial charge in [0.25, 0.3) is 0 Å². The number of carbonyl (C=O) groups is 2. The standard InChI is InChI=1S/C19H22N4O2/c1-22-17(24)11-15(18(22)13-5-3-2-4-6-13)19(25)21-14-7-8-16-20-9-10-23(16)12-14/h2-6,9-10,14-15,18H,7-8,11-12H2,1H3,(H,21,25)/t14-,15+,18-/m1/s1. The van der Waals surface area contributed by atoms with Gasteiger partial charge in [-0.15, -0.1) is 0 Å². The van der Waals surface area contributed by atoms with E-state index in [0.717, 1.165) is 30.8 Å². The number of likely N-dealkylation sites (tertiary alicyclic amines) is 1. The number of aryl methyl sites for hydroxylation is 1. The fourth-order valence-corrected chi connectivity index (χ4v) is 4.00. The van der Waals surface area contributed by atoms with Crippen molar-refractivity contribution in [2.45, 2.75) is 37.9 Å². The smallest absolute Gasteiger partial charge is 0.226 e. The monoisotopic (exact) mass is 338 g/mol. The van der Waals surface area contributed by atoms with Crippen molar-refractivity contribution in [1.82, 2.24) is 19.8 Å². The van der Waals surface area contributed by atoms with Gasteiger partial charge in [-0.3, -0.25) is 9.59 Å². The Bertz CT molecular complexity index is 786. The molecule has 2 aliphatic rings. The molecule has 3 atom stereocenters. The van der Waals surface area contributed by atoms with Crippen LogP contribution < -0.4 is 5.32 Å². The quantitative estimate of drug-likeness (QED) is 0.923. The van der Waals surface area contributed by atoms with Gasteiger partial charge in [0.15, 0.2) is 0 Å². The molecule has 130 valence electrons. The molecule has 2 amide bonds. The van der Waals surface area contributed by atoms with Gasteiger partial charge in [-0.05, 0) is 12.0 Å². The summed E-state index contributed by atoms with van der Waals surface area (Å²) in [4.78, 5) is 31.2. The van der Waals surface area contributed by atoms with Gasteiger partial charge in [-0.1, -0.05) is 30.3 Å². The van der Waals surface area contributed by atoms with E-state index < -0.39 is 0 Å². The maximum atomic E-state index is 12.9. The minimum atomic E-state index is -0.343. The van der Waals surface area contributed by atoms with Crippen LogP contribution >= 0.6 is 0 Å². The van der Waals surface area contributed by atoms with Gasteiger partial charge < -0.3 is 14.8 Å². The minimum absolute atomic E-state index is 0.0227. The molecule has 3 heterocycles. The Kier molecular flexibility index (Phi) is 4.03. The summed E-state index contributed by atoms with van der Waals surface area (Å²) in [6.07, 6.45) is 5.77. The van der Waals surface area contributed by atoms with Crippen molar-refractivity contribution >= 4 is 11.8 Å². The summed E-state index contributed by atoms with van der Waals surface area (Å²) in [5.74, 6) is 0.724. The van der Waals surface area contributed by atoms with E-state index in [1.807, 2.05) is 36.5 Å². The number of nitrogens with one attached hydrogen (secondary N) is 1. The van der Waals surface area contributed by atoms with Crippen LogP contribution in [0.1, 0.15) is 30.3 Å². The van der Waals surface area contributed by atoms with E-state index in [1.54, 1.807) is 18.1 Å². The molecule has 1 aromatic carbocycles. The number of aromatic nitrogens is 2. The predicted molar refractivity (Wildman–Crippen MR) is 92.5 cm³/mol. The number of amides is 2. The number of benzene rings is 1. The summed E-state index contributed by atoms with van der Waals surface area (Å²) < 4.78 is 2.09. The molecule has 2 aliphatic heterocycles. The van der Waals surface area contributed by atoms with Crippen molar-refractivity contribution < 1.29 is 9.59 Å². The number of imidazole rings is 1. The van der Waals surface area contributed by atoms with Crippen LogP contribution in [0.3, 0.4) is 0 Å². The Labute approximate surface area is 146 Å². The molecule has 0 bridgehead atoms. The normalized spacial score (nSPS) is 25.7. The van der Waals surface area contributed by atoms with Gasteiger partial charge in [-0.25, -0.2) is 4.98 Å². The number of hydrogen-bond donors (Lipinski definition) is 1. The largest absolute Gasteiger partial charge is 0.351 e. The molecule has 1 saturated heterocycles. The third-order valence-corrected chi connectivity index (χ3v) is 5.35. The van der Waals surface area contributed by atoms with E-state index in [1.165, 1.54) is 0 Å². The van der Waals surface area contributed by atoms with E-state index in [0.29, 0.717) is 0 Å². The van der Waals surface area contributed by atoms with Crippen LogP contribution in [0.5, 0.6) is 0 Å². The van der Waals surface area contributed by atoms with Gasteiger partial charge in [0.2, 0.25) is 11.8 Å². The van der Waals surface area contributed by atoms with Crippen molar-refractivity contribution in [2.75, 3.05) is 7.05 Å². The lowest BCUT2D eigenvalue weighted by Crippen LogP contribution is -2.44. The molecule has 25 heavy (non-hydrogen) atoms. The van der Waals surface area contributed by atoms with E-state index in [2.05, 4.69) is 14.9 Å². The van der Waals surface area contributed by atoms with E-state index in [4.69, 9.17) is 0 Å². The van der Waals surface area contributed by atoms with Gasteiger partial charge in [-0.2, -0.15) is 0 Å². The molecule has 1 fully saturated rings. The van der Waals surface area contributed by atoms with Crippen LogP contribution in [0.25, 0.3) is 0 Å². The zero-order valence-corrected chi connectivity index (χ0v) is 14.3. The molecule has 0 radical (unpaired) electrons. The van der Waals surface area contributed by atoms with Gasteiger partial charge in [0.1, 0.15) is 5.82 Å². The number of hydrogen-bond acceptors (Lipinski definition) is 3. The van der Waals surface area contributed by atoms with Crippen molar-refractivity contribution in [3.63, 3.8) is 0 Å². The third kappa shape index (κ3) is 2.92. The van der Waals surface area contributed by atoms with Crippen LogP contribution in [0, 0.1) is 5.92 Å². The lowest BCUT2D eigenvalue weighted by molar-refractivity contribution is -0.128. The maximum absolute atomic E-state index is 12.9. The van der Waals surface area contributed by atoms with Gasteiger partial charge in [0, 0.05) is 44.9 Å². The lowest BCUT2D eigenvalue weighted by atomic mass is 9.92. The highest BCUT2D eigenvalue weighted by Crippen LogP contribution is 2.37. The minimum Gasteiger partial charge on any atom is -0.351 e. The van der Waals surface area contributed by atoms with Crippen molar-refractivity contribution in [2.24, 2.45) is 5.92 Å². The molecule has 0 aliphatic carbocycles. The second-order valence-electron chi connectivity index (χ2n) is 6.91. The third-order valence-electron chi connectivity index (χ3n) is 5.35. The zero-order chi connectivity index (χ0) is 17.4. The van der Waals surface area contributed by atoms with Crippen molar-refractivity contribution in [3.05, 3.63) is 54.1 Å². The molecule has 1 N–H and O–H groups in total. The molecule has 6 nitrogen and oxygen atoms in total. The molecule has 2 aromatic rings. The summed E-state index contributed by atoms with van der Waals surface area (Å²) in [7, 11) is 1.78. The number of rotatable bonds is 3. The molecule has 4 rings (SSSR count). The first-order valence-corrected chi connectivity index (χ1v) is 8.74. The first-order valence-electron chi connectivity index (χ1n) is 8.74. The highest BCUT2D eigenvalue weighted by Gasteiger charge is 2.43. The Morgan fingerprint density at radius 3 is 2.88 bits per heavy atom. The summed E-state index contributed by atoms with van der Waals surface area (Å²) in [6, 6.07) is 9.70. The van der Waals surface area contributed by atoms with E-state index in [9.17, 15) is 9.59 Å². The number of nitrogens with zero attached hydrogens (tertiary/aromatic N) is 3. The van der Waals surface area contributed by atoms with Crippen LogP contribution in [0.2, 0.25) is 0 Å². The van der Waals surface area contributed by atoms with Crippen LogP contribution in [-0.2, 0) is 22.6 Å². The average molecular weight is 338 g/mol. The van der Waals surface area contributed by atoms with Crippen LogP contribution in [0.4, 0.5) is 0 Å². The molecular formula is C19H22N4O2. The Balaban J connectivity index is 1.50. The topological polar surface area (TPSA) is 67.2 Å². The molecule has 6 heteroatoms. The highest BCUT2D eigenvalue weighted by atomic mass is 16.2. The first kappa shape index (κ1) is 15.9. The Morgan fingerprint density at radius 1 is 1.28 bits per heavy atom. The predicted octanol–water partition coefficient (Wildman–Crippen LogP) is 1.53.